The maximum absolute atomic E-state index is 11.3. The van der Waals surface area contributed by atoms with Gasteiger partial charge in [0.05, 0.1) is 19.6 Å². The first kappa shape index (κ1) is 12.9. The average molecular weight is 198 g/mol. The second-order valence-corrected chi connectivity index (χ2v) is 3.67. The number of carbonyl (C=O) groups is 1. The summed E-state index contributed by atoms with van der Waals surface area (Å²) in [7, 11) is 1.37. The topological polar surface area (TPSA) is 62.1 Å². The number of esters is 1. The number of nitrogens with one attached hydrogen (secondary N) is 1. The zero-order valence-corrected chi connectivity index (χ0v) is 9.20. The van der Waals surface area contributed by atoms with E-state index in [9.17, 15) is 4.79 Å². The van der Waals surface area contributed by atoms with E-state index in [1.807, 2.05) is 20.8 Å². The van der Waals surface area contributed by atoms with Gasteiger partial charge in [0.25, 0.3) is 0 Å². The normalized spacial score (nSPS) is 14.6. The van der Waals surface area contributed by atoms with Crippen molar-refractivity contribution < 1.29 is 9.53 Å². The number of methoxy groups -OCH3 is 1. The first-order valence-corrected chi connectivity index (χ1v) is 4.73. The lowest BCUT2D eigenvalue weighted by atomic mass is 10.0. The van der Waals surface area contributed by atoms with Crippen molar-refractivity contribution in [3.8, 4) is 6.07 Å². The van der Waals surface area contributed by atoms with E-state index in [0.717, 1.165) is 0 Å². The smallest absolute Gasteiger partial charge is 0.323 e. The lowest BCUT2D eigenvalue weighted by Gasteiger charge is -2.22. The molecule has 0 rings (SSSR count). The molecule has 0 fully saturated rings. The lowest BCUT2D eigenvalue weighted by Crippen LogP contribution is -2.45. The number of ether oxygens (including phenoxy) is 1. The molecule has 4 heteroatoms. The zero-order valence-electron chi connectivity index (χ0n) is 9.20. The summed E-state index contributed by atoms with van der Waals surface area (Å²) in [6.45, 7) is 5.75. The summed E-state index contributed by atoms with van der Waals surface area (Å²) in [6, 6.07) is 1.73. The molecule has 0 radical (unpaired) electrons. The molecular formula is C10H18N2O2. The third-order valence-corrected chi connectivity index (χ3v) is 1.98. The minimum absolute atomic E-state index is 0.00602. The number of hydrogen-bond donors (Lipinski definition) is 1. The third-order valence-electron chi connectivity index (χ3n) is 1.98. The van der Waals surface area contributed by atoms with Crippen LogP contribution in [0.25, 0.3) is 0 Å². The number of nitriles is 1. The molecule has 80 valence electrons. The largest absolute Gasteiger partial charge is 0.468 e. The van der Waals surface area contributed by atoms with Crippen molar-refractivity contribution in [3.05, 3.63) is 0 Å². The van der Waals surface area contributed by atoms with E-state index < -0.39 is 0 Å². The fourth-order valence-corrected chi connectivity index (χ4v) is 1.16. The van der Waals surface area contributed by atoms with Crippen molar-refractivity contribution in [2.75, 3.05) is 7.11 Å². The highest BCUT2D eigenvalue weighted by molar-refractivity contribution is 5.75. The monoisotopic (exact) mass is 198 g/mol. The summed E-state index contributed by atoms with van der Waals surface area (Å²) in [4.78, 5) is 11.3. The molecule has 0 aliphatic heterocycles. The fraction of sp³-hybridized carbons (Fsp3) is 0.800. The number of hydrogen-bond acceptors (Lipinski definition) is 4. The molecule has 0 amide bonds. The van der Waals surface area contributed by atoms with Crippen LogP contribution in [0.2, 0.25) is 0 Å². The number of rotatable bonds is 5. The van der Waals surface area contributed by atoms with Gasteiger partial charge < -0.3 is 10.1 Å². The zero-order chi connectivity index (χ0) is 11.1. The van der Waals surface area contributed by atoms with Gasteiger partial charge in [-0.3, -0.25) is 4.79 Å². The van der Waals surface area contributed by atoms with Crippen molar-refractivity contribution in [2.45, 2.75) is 39.3 Å². The van der Waals surface area contributed by atoms with Gasteiger partial charge in [0.15, 0.2) is 0 Å². The fourth-order valence-electron chi connectivity index (χ4n) is 1.16. The minimum Gasteiger partial charge on any atom is -0.468 e. The predicted molar refractivity (Wildman–Crippen MR) is 53.5 cm³/mol. The molecule has 0 saturated carbocycles. The molecule has 14 heavy (non-hydrogen) atoms. The van der Waals surface area contributed by atoms with Crippen LogP contribution in [-0.4, -0.2) is 25.2 Å². The van der Waals surface area contributed by atoms with Crippen LogP contribution in [0.5, 0.6) is 0 Å². The molecule has 0 aromatic carbocycles. The van der Waals surface area contributed by atoms with Gasteiger partial charge in [-0.05, 0) is 12.8 Å². The van der Waals surface area contributed by atoms with Crippen LogP contribution in [0.1, 0.15) is 27.2 Å². The second-order valence-electron chi connectivity index (χ2n) is 3.67. The number of carbonyl (C=O) groups excluding carboxylic acids is 1. The first-order chi connectivity index (χ1) is 6.52. The lowest BCUT2D eigenvalue weighted by molar-refractivity contribution is -0.144. The summed E-state index contributed by atoms with van der Waals surface area (Å²) in [5.41, 5.74) is 0. The van der Waals surface area contributed by atoms with Gasteiger partial charge in [-0.1, -0.05) is 13.8 Å². The molecule has 0 aliphatic carbocycles. The van der Waals surface area contributed by atoms with Crippen LogP contribution in [0, 0.1) is 17.2 Å². The molecule has 0 heterocycles. The van der Waals surface area contributed by atoms with E-state index >= 15 is 0 Å². The predicted octanol–water partition coefficient (Wildman–Crippen LogP) is 1.08. The van der Waals surface area contributed by atoms with E-state index in [4.69, 9.17) is 5.26 Å². The van der Waals surface area contributed by atoms with Crippen molar-refractivity contribution in [2.24, 2.45) is 5.92 Å². The molecule has 0 saturated heterocycles. The minimum atomic E-state index is -0.330. The highest BCUT2D eigenvalue weighted by Gasteiger charge is 2.23. The van der Waals surface area contributed by atoms with E-state index in [-0.39, 0.29) is 24.0 Å². The van der Waals surface area contributed by atoms with Crippen molar-refractivity contribution in [1.29, 1.82) is 5.26 Å². The average Bonchev–Trinajstić information content (AvgIpc) is 2.13. The van der Waals surface area contributed by atoms with E-state index in [0.29, 0.717) is 6.42 Å². The Morgan fingerprint density at radius 1 is 1.50 bits per heavy atom. The number of nitrogens with zero attached hydrogens (tertiary/aromatic N) is 1. The van der Waals surface area contributed by atoms with Gasteiger partial charge in [0, 0.05) is 6.04 Å². The SMILES string of the molecule is COC(=O)C(NC(C)CC#N)C(C)C. The summed E-state index contributed by atoms with van der Waals surface area (Å²) in [5, 5.41) is 11.5. The molecule has 0 aliphatic rings. The quantitative estimate of drug-likeness (QED) is 0.671. The Labute approximate surface area is 85.2 Å². The van der Waals surface area contributed by atoms with Crippen molar-refractivity contribution >= 4 is 5.97 Å². The van der Waals surface area contributed by atoms with Crippen LogP contribution in [0.3, 0.4) is 0 Å². The Bertz CT molecular complexity index is 221. The molecule has 1 N–H and O–H groups in total. The summed E-state index contributed by atoms with van der Waals surface area (Å²) in [6.07, 6.45) is 0.389. The second kappa shape index (κ2) is 6.39. The summed E-state index contributed by atoms with van der Waals surface area (Å²) >= 11 is 0. The van der Waals surface area contributed by atoms with Crippen LogP contribution in [0.4, 0.5) is 0 Å². The molecular weight excluding hydrogens is 180 g/mol. The standard InChI is InChI=1S/C10H18N2O2/c1-7(2)9(10(13)14-4)12-8(3)5-6-11/h7-9,12H,5H2,1-4H3. The Morgan fingerprint density at radius 3 is 2.43 bits per heavy atom. The van der Waals surface area contributed by atoms with Gasteiger partial charge in [-0.15, -0.1) is 0 Å². The molecule has 0 aromatic heterocycles. The maximum atomic E-state index is 11.3. The van der Waals surface area contributed by atoms with Gasteiger partial charge in [0.2, 0.25) is 0 Å². The Hall–Kier alpha value is -1.08. The van der Waals surface area contributed by atoms with Crippen LogP contribution in [-0.2, 0) is 9.53 Å². The van der Waals surface area contributed by atoms with E-state index in [1.165, 1.54) is 7.11 Å². The van der Waals surface area contributed by atoms with Crippen molar-refractivity contribution in [1.82, 2.24) is 5.32 Å². The maximum Gasteiger partial charge on any atom is 0.323 e. The van der Waals surface area contributed by atoms with E-state index in [2.05, 4.69) is 16.1 Å². The highest BCUT2D eigenvalue weighted by atomic mass is 16.5. The van der Waals surface area contributed by atoms with E-state index in [1.54, 1.807) is 0 Å². The van der Waals surface area contributed by atoms with Crippen LogP contribution in [0.15, 0.2) is 0 Å². The molecule has 0 bridgehead atoms. The first-order valence-electron chi connectivity index (χ1n) is 4.73. The Kier molecular flexibility index (Phi) is 5.89. The van der Waals surface area contributed by atoms with Crippen LogP contribution >= 0.6 is 0 Å². The van der Waals surface area contributed by atoms with Gasteiger partial charge in [-0.2, -0.15) is 5.26 Å². The molecule has 0 spiro atoms. The highest BCUT2D eigenvalue weighted by Crippen LogP contribution is 2.05. The molecule has 4 nitrogen and oxygen atoms in total. The molecule has 2 unspecified atom stereocenters. The van der Waals surface area contributed by atoms with Gasteiger partial charge in [-0.25, -0.2) is 0 Å². The summed E-state index contributed by atoms with van der Waals surface area (Å²) in [5.74, 6) is -0.117. The summed E-state index contributed by atoms with van der Waals surface area (Å²) < 4.78 is 4.67. The molecule has 0 aromatic rings. The Morgan fingerprint density at radius 2 is 2.07 bits per heavy atom. The van der Waals surface area contributed by atoms with Crippen LogP contribution < -0.4 is 5.32 Å². The Balaban J connectivity index is 4.24. The van der Waals surface area contributed by atoms with Gasteiger partial charge >= 0.3 is 5.97 Å². The van der Waals surface area contributed by atoms with Gasteiger partial charge in [0.1, 0.15) is 6.04 Å². The third kappa shape index (κ3) is 4.24. The molecule has 2 atom stereocenters. The van der Waals surface area contributed by atoms with Crippen molar-refractivity contribution in [3.63, 3.8) is 0 Å².